The summed E-state index contributed by atoms with van der Waals surface area (Å²) < 4.78 is 5.17. The van der Waals surface area contributed by atoms with E-state index in [-0.39, 0.29) is 5.56 Å². The largest absolute Gasteiger partial charge is 0.422 e. The van der Waals surface area contributed by atoms with Gasteiger partial charge in [-0.25, -0.2) is 4.79 Å². The molecule has 1 N–H and O–H groups in total. The molecule has 1 aliphatic heterocycles. The van der Waals surface area contributed by atoms with Gasteiger partial charge in [-0.15, -0.1) is 0 Å². The third-order valence-corrected chi connectivity index (χ3v) is 3.38. The van der Waals surface area contributed by atoms with E-state index in [1.54, 1.807) is 31.2 Å². The summed E-state index contributed by atoms with van der Waals surface area (Å²) in [6.07, 6.45) is 1.66. The number of cyclic esters (lactones) is 1. The standard InChI is InChI=1S/C15H10ClNO3/c1-8-6-10-12(7-9-4-2-3-5-11(9)16)20-15(19)13(10)14(18)17-8/h2-7H,1H3,(H,17,18). The molecule has 5 heteroatoms. The van der Waals surface area contributed by atoms with E-state index in [2.05, 4.69) is 4.98 Å². The zero-order valence-electron chi connectivity index (χ0n) is 10.6. The van der Waals surface area contributed by atoms with Gasteiger partial charge in [0, 0.05) is 16.3 Å². The van der Waals surface area contributed by atoms with Crippen LogP contribution in [0.3, 0.4) is 0 Å². The number of fused-ring (bicyclic) bond motifs is 1. The number of hydrogen-bond acceptors (Lipinski definition) is 3. The van der Waals surface area contributed by atoms with Gasteiger partial charge in [0.25, 0.3) is 5.56 Å². The van der Waals surface area contributed by atoms with Crippen molar-refractivity contribution < 1.29 is 9.53 Å². The smallest absolute Gasteiger partial charge is 0.349 e. The van der Waals surface area contributed by atoms with Crippen molar-refractivity contribution in [3.8, 4) is 0 Å². The molecule has 0 bridgehead atoms. The Morgan fingerprint density at radius 3 is 2.75 bits per heavy atom. The first-order valence-electron chi connectivity index (χ1n) is 5.99. The van der Waals surface area contributed by atoms with Gasteiger partial charge in [-0.2, -0.15) is 0 Å². The quantitative estimate of drug-likeness (QED) is 0.820. The molecule has 3 rings (SSSR count). The minimum absolute atomic E-state index is 0.0360. The van der Waals surface area contributed by atoms with E-state index in [1.165, 1.54) is 0 Å². The molecule has 1 aromatic carbocycles. The van der Waals surface area contributed by atoms with Gasteiger partial charge in [0.15, 0.2) is 0 Å². The molecule has 0 fully saturated rings. The Morgan fingerprint density at radius 1 is 1.25 bits per heavy atom. The summed E-state index contributed by atoms with van der Waals surface area (Å²) in [6.45, 7) is 1.75. The molecule has 0 amide bonds. The monoisotopic (exact) mass is 287 g/mol. The summed E-state index contributed by atoms with van der Waals surface area (Å²) in [7, 11) is 0. The lowest BCUT2D eigenvalue weighted by atomic mass is 10.1. The van der Waals surface area contributed by atoms with Crippen molar-refractivity contribution in [1.82, 2.24) is 4.98 Å². The summed E-state index contributed by atoms with van der Waals surface area (Å²) in [5, 5.41) is 0.547. The lowest BCUT2D eigenvalue weighted by molar-refractivity contribution is 0.0715. The zero-order valence-corrected chi connectivity index (χ0v) is 11.3. The lowest BCUT2D eigenvalue weighted by Gasteiger charge is -2.01. The molecule has 0 atom stereocenters. The first-order valence-corrected chi connectivity index (χ1v) is 6.37. The molecular formula is C15H10ClNO3. The van der Waals surface area contributed by atoms with Crippen molar-refractivity contribution in [3.05, 3.63) is 68.1 Å². The van der Waals surface area contributed by atoms with Crippen LogP contribution in [0.5, 0.6) is 0 Å². The van der Waals surface area contributed by atoms with Gasteiger partial charge in [0.2, 0.25) is 0 Å². The Hall–Kier alpha value is -2.33. The maximum atomic E-state index is 11.8. The van der Waals surface area contributed by atoms with Gasteiger partial charge in [-0.1, -0.05) is 29.8 Å². The minimum atomic E-state index is -0.639. The molecule has 2 aromatic rings. The fourth-order valence-electron chi connectivity index (χ4n) is 2.13. The number of aromatic amines is 1. The topological polar surface area (TPSA) is 59.2 Å². The number of aromatic nitrogens is 1. The Balaban J connectivity index is 2.19. The molecule has 1 aromatic heterocycles. The molecule has 0 radical (unpaired) electrons. The van der Waals surface area contributed by atoms with Crippen molar-refractivity contribution >= 4 is 29.4 Å². The van der Waals surface area contributed by atoms with Crippen molar-refractivity contribution in [3.63, 3.8) is 0 Å². The van der Waals surface area contributed by atoms with Crippen LogP contribution in [0.15, 0.2) is 35.1 Å². The fraction of sp³-hybridized carbons (Fsp3) is 0.0667. The second kappa shape index (κ2) is 4.65. The van der Waals surface area contributed by atoms with E-state index in [1.807, 2.05) is 12.1 Å². The van der Waals surface area contributed by atoms with Crippen molar-refractivity contribution in [2.24, 2.45) is 0 Å². The van der Waals surface area contributed by atoms with Crippen LogP contribution in [0, 0.1) is 6.92 Å². The van der Waals surface area contributed by atoms with Crippen LogP contribution in [-0.4, -0.2) is 11.0 Å². The van der Waals surface area contributed by atoms with E-state index in [9.17, 15) is 9.59 Å². The summed E-state index contributed by atoms with van der Waals surface area (Å²) in [5.41, 5.74) is 1.48. The first kappa shape index (κ1) is 12.7. The fourth-order valence-corrected chi connectivity index (χ4v) is 2.32. The molecular weight excluding hydrogens is 278 g/mol. The molecule has 0 spiro atoms. The van der Waals surface area contributed by atoms with Gasteiger partial charge in [-0.05, 0) is 30.7 Å². The number of benzene rings is 1. The highest BCUT2D eigenvalue weighted by atomic mass is 35.5. The Labute approximate surface area is 119 Å². The van der Waals surface area contributed by atoms with Gasteiger partial charge >= 0.3 is 5.97 Å². The molecule has 100 valence electrons. The van der Waals surface area contributed by atoms with Crippen LogP contribution in [0.1, 0.15) is 27.2 Å². The van der Waals surface area contributed by atoms with Crippen molar-refractivity contribution in [2.45, 2.75) is 6.92 Å². The number of esters is 1. The molecule has 1 aliphatic rings. The number of ether oxygens (including phenoxy) is 1. The van der Waals surface area contributed by atoms with Crippen LogP contribution >= 0.6 is 11.6 Å². The highest BCUT2D eigenvalue weighted by molar-refractivity contribution is 6.32. The number of halogens is 1. The third-order valence-electron chi connectivity index (χ3n) is 3.03. The number of rotatable bonds is 1. The average Bonchev–Trinajstić information content (AvgIpc) is 2.69. The van der Waals surface area contributed by atoms with Crippen LogP contribution in [-0.2, 0) is 4.74 Å². The summed E-state index contributed by atoms with van der Waals surface area (Å²) in [6, 6.07) is 8.91. The second-order valence-corrected chi connectivity index (χ2v) is 4.90. The molecule has 0 aliphatic carbocycles. The molecule has 4 nitrogen and oxygen atoms in total. The molecule has 2 heterocycles. The maximum absolute atomic E-state index is 11.8. The Bertz CT molecular complexity index is 805. The highest BCUT2D eigenvalue weighted by Gasteiger charge is 2.30. The number of pyridine rings is 1. The third kappa shape index (κ3) is 2.04. The molecule has 0 unspecified atom stereocenters. The number of H-pyrrole nitrogens is 1. The average molecular weight is 288 g/mol. The van der Waals surface area contributed by atoms with E-state index in [0.29, 0.717) is 22.0 Å². The number of aryl methyl sites for hydroxylation is 1. The van der Waals surface area contributed by atoms with E-state index in [0.717, 1.165) is 5.56 Å². The maximum Gasteiger partial charge on any atom is 0.349 e. The number of nitrogens with one attached hydrogen (secondary N) is 1. The summed E-state index contributed by atoms with van der Waals surface area (Å²) in [5.74, 6) is -0.299. The summed E-state index contributed by atoms with van der Waals surface area (Å²) >= 11 is 6.08. The normalized spacial score (nSPS) is 15.3. The Morgan fingerprint density at radius 2 is 2.00 bits per heavy atom. The molecule has 0 saturated heterocycles. The van der Waals surface area contributed by atoms with Crippen LogP contribution < -0.4 is 5.56 Å². The van der Waals surface area contributed by atoms with Gasteiger partial charge in [0.05, 0.1) is 0 Å². The predicted octanol–water partition coefficient (Wildman–Crippen LogP) is 3.01. The van der Waals surface area contributed by atoms with E-state index in [4.69, 9.17) is 16.3 Å². The Kier molecular flexibility index (Phi) is 2.95. The zero-order chi connectivity index (χ0) is 14.3. The van der Waals surface area contributed by atoms with Gasteiger partial charge in [-0.3, -0.25) is 4.79 Å². The second-order valence-electron chi connectivity index (χ2n) is 4.49. The molecule has 0 saturated carbocycles. The van der Waals surface area contributed by atoms with Gasteiger partial charge in [0.1, 0.15) is 11.3 Å². The van der Waals surface area contributed by atoms with E-state index < -0.39 is 11.5 Å². The minimum Gasteiger partial charge on any atom is -0.422 e. The van der Waals surface area contributed by atoms with E-state index >= 15 is 0 Å². The number of carbonyl (C=O) groups excluding carboxylic acids is 1. The SMILES string of the molecule is Cc1cc2c(c(=O)[nH]1)C(=O)OC2=Cc1ccccc1Cl. The number of carbonyl (C=O) groups is 1. The number of hydrogen-bond donors (Lipinski definition) is 1. The van der Waals surface area contributed by atoms with Gasteiger partial charge < -0.3 is 9.72 Å². The van der Waals surface area contributed by atoms with Crippen LogP contribution in [0.25, 0.3) is 11.8 Å². The highest BCUT2D eigenvalue weighted by Crippen LogP contribution is 2.31. The van der Waals surface area contributed by atoms with Crippen LogP contribution in [0.4, 0.5) is 0 Å². The van der Waals surface area contributed by atoms with Crippen molar-refractivity contribution in [2.75, 3.05) is 0 Å². The molecule has 20 heavy (non-hydrogen) atoms. The summed E-state index contributed by atoms with van der Waals surface area (Å²) in [4.78, 5) is 26.2. The predicted molar refractivity (Wildman–Crippen MR) is 76.5 cm³/mol. The van der Waals surface area contributed by atoms with Crippen molar-refractivity contribution in [1.29, 1.82) is 0 Å². The van der Waals surface area contributed by atoms with Crippen LogP contribution in [0.2, 0.25) is 5.02 Å². The lowest BCUT2D eigenvalue weighted by Crippen LogP contribution is -2.16. The first-order chi connectivity index (χ1) is 9.56.